The van der Waals surface area contributed by atoms with Crippen LogP contribution in [0.3, 0.4) is 0 Å². The van der Waals surface area contributed by atoms with E-state index in [2.05, 4.69) is 21.9 Å². The first-order chi connectivity index (χ1) is 21.9. The molecule has 2 aliphatic rings. The number of aromatic amines is 1. The monoisotopic (exact) mass is 624 g/mol. The molecule has 3 heterocycles. The molecule has 0 bridgehead atoms. The number of fused-ring (bicyclic) bond motifs is 2. The Morgan fingerprint density at radius 3 is 2.58 bits per heavy atom. The number of carbonyl (C=O) groups excluding carboxylic acids is 3. The van der Waals surface area contributed by atoms with Crippen molar-refractivity contribution in [3.8, 4) is 22.9 Å². The highest BCUT2D eigenvalue weighted by Crippen LogP contribution is 2.41. The molecule has 2 amide bonds. The van der Waals surface area contributed by atoms with Gasteiger partial charge in [0.2, 0.25) is 5.91 Å². The van der Waals surface area contributed by atoms with Gasteiger partial charge < -0.3 is 29.4 Å². The van der Waals surface area contributed by atoms with Crippen molar-refractivity contribution in [2.24, 2.45) is 0 Å². The number of thioether (sulfide) groups is 1. The minimum absolute atomic E-state index is 0.0376. The lowest BCUT2D eigenvalue weighted by atomic mass is 9.98. The lowest BCUT2D eigenvalue weighted by Crippen LogP contribution is -2.74. The summed E-state index contributed by atoms with van der Waals surface area (Å²) in [6, 6.07) is 21.1. The Hall–Kier alpha value is -5.36. The van der Waals surface area contributed by atoms with Crippen LogP contribution in [0.1, 0.15) is 0 Å². The van der Waals surface area contributed by atoms with Gasteiger partial charge in [-0.2, -0.15) is 0 Å². The Bertz CT molecular complexity index is 1860. The molecule has 1 saturated heterocycles. The third-order valence-electron chi connectivity index (χ3n) is 7.21. The molecular formula is C33H28N4O7S. The third kappa shape index (κ3) is 6.18. The largest absolute Gasteiger partial charge is 0.488 e. The lowest BCUT2D eigenvalue weighted by Gasteiger charge is -2.51. The maximum absolute atomic E-state index is 13.3. The minimum atomic E-state index is -1.07. The first-order valence-corrected chi connectivity index (χ1v) is 15.0. The number of hydrogen-bond acceptors (Lipinski definition) is 9. The van der Waals surface area contributed by atoms with Crippen molar-refractivity contribution in [1.29, 1.82) is 0 Å². The van der Waals surface area contributed by atoms with E-state index in [1.165, 1.54) is 22.7 Å². The van der Waals surface area contributed by atoms with E-state index in [1.54, 1.807) is 78.2 Å². The normalized spacial score (nSPS) is 18.7. The fourth-order valence-electron chi connectivity index (χ4n) is 5.08. The number of nitrogens with one attached hydrogen (secondary N) is 2. The first kappa shape index (κ1) is 29.7. The van der Waals surface area contributed by atoms with Gasteiger partial charge in [0.25, 0.3) is 11.5 Å². The van der Waals surface area contributed by atoms with Gasteiger partial charge in [-0.3, -0.25) is 14.4 Å². The Balaban J connectivity index is 1.19. The second-order valence-electron chi connectivity index (χ2n) is 10.1. The zero-order valence-electron chi connectivity index (χ0n) is 23.9. The summed E-state index contributed by atoms with van der Waals surface area (Å²) in [5.74, 6) is -0.252. The molecule has 0 saturated carbocycles. The minimum Gasteiger partial charge on any atom is -0.488 e. The van der Waals surface area contributed by atoms with Crippen molar-refractivity contribution in [2.45, 2.75) is 17.5 Å². The maximum Gasteiger partial charge on any atom is 0.333 e. The van der Waals surface area contributed by atoms with Gasteiger partial charge in [-0.25, -0.2) is 9.78 Å². The van der Waals surface area contributed by atoms with Crippen LogP contribution in [0.25, 0.3) is 22.3 Å². The molecule has 228 valence electrons. The van der Waals surface area contributed by atoms with Crippen molar-refractivity contribution >= 4 is 40.4 Å². The fraction of sp³-hybridized carbons (Fsp3) is 0.182. The highest BCUT2D eigenvalue weighted by molar-refractivity contribution is 8.03. The SMILES string of the molecule is C=CCOC(=O)C1C(COc2ccccc2-c2nc3ccccc3c(=O)[nH]2)=CS[C@H]2[C@H](NC(=O)COc3ccccc3)C(=O)N12. The molecule has 1 unspecified atom stereocenters. The van der Waals surface area contributed by atoms with Crippen LogP contribution in [0.2, 0.25) is 0 Å². The van der Waals surface area contributed by atoms with Crippen LogP contribution in [0.5, 0.6) is 11.5 Å². The number of ether oxygens (including phenoxy) is 3. The van der Waals surface area contributed by atoms with E-state index in [0.29, 0.717) is 39.4 Å². The van der Waals surface area contributed by atoms with Gasteiger partial charge >= 0.3 is 5.97 Å². The second-order valence-corrected chi connectivity index (χ2v) is 11.1. The summed E-state index contributed by atoms with van der Waals surface area (Å²) in [5, 5.41) is 4.41. The number of para-hydroxylation sites is 3. The summed E-state index contributed by atoms with van der Waals surface area (Å²) in [4.78, 5) is 60.7. The second kappa shape index (κ2) is 13.1. The molecule has 3 aromatic carbocycles. The Kier molecular flexibility index (Phi) is 8.65. The number of amides is 2. The predicted octanol–water partition coefficient (Wildman–Crippen LogP) is 3.43. The highest BCUT2D eigenvalue weighted by Gasteiger charge is 2.56. The molecule has 3 atom stereocenters. The van der Waals surface area contributed by atoms with E-state index in [0.717, 1.165) is 0 Å². The first-order valence-electron chi connectivity index (χ1n) is 14.1. The van der Waals surface area contributed by atoms with E-state index in [9.17, 15) is 19.2 Å². The Morgan fingerprint density at radius 1 is 1.00 bits per heavy atom. The lowest BCUT2D eigenvalue weighted by molar-refractivity contribution is -0.162. The number of carbonyl (C=O) groups is 3. The topological polar surface area (TPSA) is 140 Å². The average Bonchev–Trinajstić information content (AvgIpc) is 3.07. The van der Waals surface area contributed by atoms with Gasteiger partial charge in [0.1, 0.15) is 42.0 Å². The molecule has 1 fully saturated rings. The molecule has 0 aliphatic carbocycles. The van der Waals surface area contributed by atoms with Gasteiger partial charge in [-0.05, 0) is 41.8 Å². The van der Waals surface area contributed by atoms with Crippen LogP contribution < -0.4 is 20.3 Å². The zero-order valence-corrected chi connectivity index (χ0v) is 24.7. The van der Waals surface area contributed by atoms with E-state index in [4.69, 9.17) is 14.2 Å². The number of nitrogens with zero attached hydrogens (tertiary/aromatic N) is 2. The van der Waals surface area contributed by atoms with Crippen LogP contribution in [0.4, 0.5) is 0 Å². The highest BCUT2D eigenvalue weighted by atomic mass is 32.2. The molecule has 6 rings (SSSR count). The molecule has 2 N–H and O–H groups in total. The van der Waals surface area contributed by atoms with Crippen molar-refractivity contribution in [2.75, 3.05) is 19.8 Å². The Morgan fingerprint density at radius 2 is 1.76 bits per heavy atom. The standard InChI is InChI=1S/C33H28N4O7S/c1-2-16-42-33(41)28-20(19-45-32-27(31(40)37(28)32)35-26(38)18-43-21-10-4-3-5-11-21)17-44-25-15-9-7-13-23(25)29-34-24-14-8-6-12-22(24)30(39)36-29/h2-15,19,27-28,32H,1,16-18H2,(H,35,38)(H,34,36,39)/t27-,28?,32+/m1/s1. The van der Waals surface area contributed by atoms with Crippen LogP contribution >= 0.6 is 11.8 Å². The van der Waals surface area contributed by atoms with Gasteiger partial charge in [0.15, 0.2) is 12.6 Å². The van der Waals surface area contributed by atoms with Crippen LogP contribution in [-0.4, -0.2) is 69.9 Å². The van der Waals surface area contributed by atoms with Gasteiger partial charge in [0.05, 0.1) is 16.5 Å². The summed E-state index contributed by atoms with van der Waals surface area (Å²) >= 11 is 1.29. The third-order valence-corrected chi connectivity index (χ3v) is 8.43. The zero-order chi connectivity index (χ0) is 31.3. The van der Waals surface area contributed by atoms with Crippen molar-refractivity contribution in [3.63, 3.8) is 0 Å². The summed E-state index contributed by atoms with van der Waals surface area (Å²) in [6.07, 6.45) is 1.44. The molecule has 4 aromatic rings. The summed E-state index contributed by atoms with van der Waals surface area (Å²) in [5.41, 5.74) is 1.30. The van der Waals surface area contributed by atoms with Gasteiger partial charge in [-0.15, -0.1) is 11.8 Å². The van der Waals surface area contributed by atoms with Crippen LogP contribution in [-0.2, 0) is 19.1 Å². The summed E-state index contributed by atoms with van der Waals surface area (Å²) in [6.45, 7) is 3.23. The summed E-state index contributed by atoms with van der Waals surface area (Å²) in [7, 11) is 0. The van der Waals surface area contributed by atoms with Crippen LogP contribution in [0.15, 0.2) is 107 Å². The molecule has 45 heavy (non-hydrogen) atoms. The molecule has 1 aromatic heterocycles. The number of rotatable bonds is 11. The van der Waals surface area contributed by atoms with Gasteiger partial charge in [0, 0.05) is 5.57 Å². The number of esters is 1. The van der Waals surface area contributed by atoms with E-state index < -0.39 is 35.2 Å². The average molecular weight is 625 g/mol. The predicted molar refractivity (Wildman–Crippen MR) is 168 cm³/mol. The number of benzene rings is 3. The number of β-lactam (4-membered cyclic amide) rings is 1. The molecule has 0 radical (unpaired) electrons. The van der Waals surface area contributed by atoms with E-state index in [1.807, 2.05) is 6.07 Å². The Labute approximate surface area is 261 Å². The van der Waals surface area contributed by atoms with E-state index >= 15 is 0 Å². The molecular weight excluding hydrogens is 596 g/mol. The molecule has 12 heteroatoms. The number of hydrogen-bond donors (Lipinski definition) is 2. The molecule has 11 nitrogen and oxygen atoms in total. The number of H-pyrrole nitrogens is 1. The van der Waals surface area contributed by atoms with Crippen molar-refractivity contribution in [3.05, 3.63) is 113 Å². The van der Waals surface area contributed by atoms with Crippen LogP contribution in [0, 0.1) is 0 Å². The van der Waals surface area contributed by atoms with Gasteiger partial charge in [-0.1, -0.05) is 55.1 Å². The smallest absolute Gasteiger partial charge is 0.333 e. The summed E-state index contributed by atoms with van der Waals surface area (Å²) < 4.78 is 17.0. The van der Waals surface area contributed by atoms with E-state index in [-0.39, 0.29) is 25.4 Å². The maximum atomic E-state index is 13.3. The fourth-order valence-corrected chi connectivity index (χ4v) is 6.29. The quantitative estimate of drug-likeness (QED) is 0.146. The molecule has 2 aliphatic heterocycles. The number of aromatic nitrogens is 2. The van der Waals surface area contributed by atoms with Crippen molar-refractivity contribution < 1.29 is 28.6 Å². The van der Waals surface area contributed by atoms with Crippen molar-refractivity contribution in [1.82, 2.24) is 20.2 Å². The molecule has 0 spiro atoms.